The lowest BCUT2D eigenvalue weighted by Gasteiger charge is -2.14. The Morgan fingerprint density at radius 2 is 1.91 bits per heavy atom. The predicted molar refractivity (Wildman–Crippen MR) is 86.4 cm³/mol. The third kappa shape index (κ3) is 4.18. The van der Waals surface area contributed by atoms with Crippen LogP contribution in [0.4, 0.5) is 0 Å². The van der Waals surface area contributed by atoms with Gasteiger partial charge in [-0.3, -0.25) is 14.7 Å². The summed E-state index contributed by atoms with van der Waals surface area (Å²) in [4.78, 5) is 23.6. The summed E-state index contributed by atoms with van der Waals surface area (Å²) in [7, 11) is 0. The molecule has 0 saturated carbocycles. The zero-order valence-corrected chi connectivity index (χ0v) is 13.5. The highest BCUT2D eigenvalue weighted by molar-refractivity contribution is 5.92. The summed E-state index contributed by atoms with van der Waals surface area (Å²) in [5, 5.41) is 18.8. The fourth-order valence-electron chi connectivity index (χ4n) is 2.14. The highest BCUT2D eigenvalue weighted by atomic mass is 16.4. The van der Waals surface area contributed by atoms with Gasteiger partial charge < -0.3 is 10.4 Å². The summed E-state index contributed by atoms with van der Waals surface area (Å²) in [6.07, 6.45) is 0. The van der Waals surface area contributed by atoms with Crippen LogP contribution in [0, 0.1) is 0 Å². The fourth-order valence-corrected chi connectivity index (χ4v) is 2.14. The molecule has 1 atom stereocenters. The van der Waals surface area contributed by atoms with Crippen molar-refractivity contribution in [2.75, 3.05) is 6.54 Å². The standard InChI is InChI=1S/C17H21N3O3/c1-17(2,3)14-9-13(19-20-14)15(21)18-10-12(16(22)23)11-7-5-4-6-8-11/h4-9,12H,10H2,1-3H3,(H,18,21)(H,19,20)(H,22,23). The topological polar surface area (TPSA) is 95.1 Å². The highest BCUT2D eigenvalue weighted by Crippen LogP contribution is 2.20. The molecule has 6 heteroatoms. The van der Waals surface area contributed by atoms with Crippen molar-refractivity contribution >= 4 is 11.9 Å². The Bertz CT molecular complexity index is 687. The number of aromatic nitrogens is 2. The Balaban J connectivity index is 2.05. The van der Waals surface area contributed by atoms with Gasteiger partial charge in [0.1, 0.15) is 5.69 Å². The summed E-state index contributed by atoms with van der Waals surface area (Å²) >= 11 is 0. The van der Waals surface area contributed by atoms with Crippen molar-refractivity contribution < 1.29 is 14.7 Å². The molecule has 1 aromatic heterocycles. The van der Waals surface area contributed by atoms with E-state index in [0.29, 0.717) is 5.56 Å². The second-order valence-electron chi connectivity index (χ2n) is 6.43. The Kier molecular flexibility index (Phi) is 4.83. The number of nitrogens with zero attached hydrogens (tertiary/aromatic N) is 1. The molecule has 1 amide bonds. The third-order valence-corrected chi connectivity index (χ3v) is 3.59. The Hall–Kier alpha value is -2.63. The number of carboxylic acid groups (broad SMARTS) is 1. The summed E-state index contributed by atoms with van der Waals surface area (Å²) in [6, 6.07) is 10.5. The SMILES string of the molecule is CC(C)(C)c1cc(C(=O)NCC(C(=O)O)c2ccccc2)n[nH]1. The maximum atomic E-state index is 12.2. The summed E-state index contributed by atoms with van der Waals surface area (Å²) in [5.74, 6) is -2.16. The molecule has 0 radical (unpaired) electrons. The molecule has 2 rings (SSSR count). The van der Waals surface area contributed by atoms with Crippen molar-refractivity contribution in [3.8, 4) is 0 Å². The van der Waals surface area contributed by atoms with Crippen LogP contribution in [-0.4, -0.2) is 33.7 Å². The van der Waals surface area contributed by atoms with E-state index >= 15 is 0 Å². The van der Waals surface area contributed by atoms with Crippen molar-refractivity contribution in [3.05, 3.63) is 53.3 Å². The third-order valence-electron chi connectivity index (χ3n) is 3.59. The van der Waals surface area contributed by atoms with Crippen molar-refractivity contribution in [1.29, 1.82) is 0 Å². The Labute approximate surface area is 134 Å². The van der Waals surface area contributed by atoms with Crippen LogP contribution < -0.4 is 5.32 Å². The molecular formula is C17H21N3O3. The largest absolute Gasteiger partial charge is 0.481 e. The fraction of sp³-hybridized carbons (Fsp3) is 0.353. The molecule has 0 aliphatic carbocycles. The van der Waals surface area contributed by atoms with Crippen molar-refractivity contribution in [1.82, 2.24) is 15.5 Å². The van der Waals surface area contributed by atoms with Crippen LogP contribution in [0.5, 0.6) is 0 Å². The van der Waals surface area contributed by atoms with E-state index in [9.17, 15) is 14.7 Å². The molecule has 23 heavy (non-hydrogen) atoms. The maximum Gasteiger partial charge on any atom is 0.312 e. The van der Waals surface area contributed by atoms with Gasteiger partial charge in [0.05, 0.1) is 5.92 Å². The number of hydrogen-bond acceptors (Lipinski definition) is 3. The van der Waals surface area contributed by atoms with Crippen molar-refractivity contribution in [2.24, 2.45) is 0 Å². The van der Waals surface area contributed by atoms with Crippen LogP contribution in [-0.2, 0) is 10.2 Å². The molecule has 1 aromatic carbocycles. The van der Waals surface area contributed by atoms with Gasteiger partial charge >= 0.3 is 5.97 Å². The van der Waals surface area contributed by atoms with Gasteiger partial charge in [-0.05, 0) is 11.6 Å². The van der Waals surface area contributed by atoms with Crippen molar-refractivity contribution in [2.45, 2.75) is 32.1 Å². The van der Waals surface area contributed by atoms with Crippen LogP contribution >= 0.6 is 0 Å². The quantitative estimate of drug-likeness (QED) is 0.789. The lowest BCUT2D eigenvalue weighted by atomic mass is 9.92. The number of rotatable bonds is 5. The van der Waals surface area contributed by atoms with Gasteiger partial charge in [0.25, 0.3) is 5.91 Å². The molecule has 1 heterocycles. The van der Waals surface area contributed by atoms with E-state index in [0.717, 1.165) is 5.69 Å². The summed E-state index contributed by atoms with van der Waals surface area (Å²) in [5.41, 5.74) is 1.62. The van der Waals surface area contributed by atoms with Gasteiger partial charge in [0.2, 0.25) is 0 Å². The predicted octanol–water partition coefficient (Wildman–Crippen LogP) is 2.31. The molecular weight excluding hydrogens is 294 g/mol. The van der Waals surface area contributed by atoms with E-state index in [4.69, 9.17) is 0 Å². The van der Waals surface area contributed by atoms with Gasteiger partial charge in [0.15, 0.2) is 0 Å². The molecule has 0 fully saturated rings. The number of aliphatic carboxylic acids is 1. The second-order valence-corrected chi connectivity index (χ2v) is 6.43. The average Bonchev–Trinajstić information content (AvgIpc) is 2.98. The lowest BCUT2D eigenvalue weighted by molar-refractivity contribution is -0.138. The van der Waals surface area contributed by atoms with E-state index in [1.165, 1.54) is 0 Å². The number of carbonyl (C=O) groups excluding carboxylic acids is 1. The lowest BCUT2D eigenvalue weighted by Crippen LogP contribution is -2.31. The molecule has 0 bridgehead atoms. The first-order chi connectivity index (χ1) is 10.8. The zero-order chi connectivity index (χ0) is 17.0. The number of carbonyl (C=O) groups is 2. The Morgan fingerprint density at radius 1 is 1.26 bits per heavy atom. The number of nitrogens with one attached hydrogen (secondary N) is 2. The van der Waals surface area contributed by atoms with Gasteiger partial charge in [-0.1, -0.05) is 51.1 Å². The number of H-pyrrole nitrogens is 1. The number of aromatic amines is 1. The van der Waals surface area contributed by atoms with E-state index in [-0.39, 0.29) is 23.6 Å². The molecule has 6 nitrogen and oxygen atoms in total. The second kappa shape index (κ2) is 6.64. The first-order valence-electron chi connectivity index (χ1n) is 7.41. The van der Waals surface area contributed by atoms with Gasteiger partial charge in [-0.25, -0.2) is 0 Å². The molecule has 0 aliphatic rings. The first kappa shape index (κ1) is 16.7. The number of benzene rings is 1. The minimum atomic E-state index is -0.978. The highest BCUT2D eigenvalue weighted by Gasteiger charge is 2.23. The smallest absolute Gasteiger partial charge is 0.312 e. The van der Waals surface area contributed by atoms with E-state index < -0.39 is 11.9 Å². The van der Waals surface area contributed by atoms with Crippen LogP contribution in [0.15, 0.2) is 36.4 Å². The van der Waals surface area contributed by atoms with Gasteiger partial charge in [-0.15, -0.1) is 0 Å². The number of carboxylic acids is 1. The summed E-state index contributed by atoms with van der Waals surface area (Å²) < 4.78 is 0. The minimum absolute atomic E-state index is 0.00981. The van der Waals surface area contributed by atoms with E-state index in [2.05, 4.69) is 15.5 Å². The zero-order valence-electron chi connectivity index (χ0n) is 13.5. The van der Waals surface area contributed by atoms with Crippen LogP contribution in [0.1, 0.15) is 48.4 Å². The Morgan fingerprint density at radius 3 is 2.43 bits per heavy atom. The molecule has 0 spiro atoms. The molecule has 0 aliphatic heterocycles. The summed E-state index contributed by atoms with van der Waals surface area (Å²) in [6.45, 7) is 6.05. The van der Waals surface area contributed by atoms with Crippen LogP contribution in [0.2, 0.25) is 0 Å². The number of hydrogen-bond donors (Lipinski definition) is 3. The molecule has 122 valence electrons. The molecule has 0 saturated heterocycles. The van der Waals surface area contributed by atoms with E-state index in [1.54, 1.807) is 30.3 Å². The van der Waals surface area contributed by atoms with Gasteiger partial charge in [0, 0.05) is 17.7 Å². The molecule has 3 N–H and O–H groups in total. The molecule has 1 unspecified atom stereocenters. The average molecular weight is 315 g/mol. The van der Waals surface area contributed by atoms with Gasteiger partial charge in [-0.2, -0.15) is 5.10 Å². The van der Waals surface area contributed by atoms with E-state index in [1.807, 2.05) is 26.8 Å². The first-order valence-corrected chi connectivity index (χ1v) is 7.41. The monoisotopic (exact) mass is 315 g/mol. The minimum Gasteiger partial charge on any atom is -0.481 e. The van der Waals surface area contributed by atoms with Crippen LogP contribution in [0.25, 0.3) is 0 Å². The maximum absolute atomic E-state index is 12.2. The van der Waals surface area contributed by atoms with Crippen molar-refractivity contribution in [3.63, 3.8) is 0 Å². The van der Waals surface area contributed by atoms with Crippen LogP contribution in [0.3, 0.4) is 0 Å². The number of amides is 1. The normalized spacial score (nSPS) is 12.7. The molecule has 2 aromatic rings.